The Bertz CT molecular complexity index is 240. The lowest BCUT2D eigenvalue weighted by molar-refractivity contribution is -0.129. The number of carbonyl (C=O) groups is 1. The molecule has 1 rings (SSSR count). The highest BCUT2D eigenvalue weighted by Crippen LogP contribution is 2.15. The summed E-state index contributed by atoms with van der Waals surface area (Å²) in [5.74, 6) is 0.563. The van der Waals surface area contributed by atoms with Crippen molar-refractivity contribution in [1.82, 2.24) is 4.90 Å². The van der Waals surface area contributed by atoms with Crippen molar-refractivity contribution >= 4 is 23.1 Å². The van der Waals surface area contributed by atoms with Gasteiger partial charge in [-0.05, 0) is 18.8 Å². The van der Waals surface area contributed by atoms with Gasteiger partial charge in [0, 0.05) is 26.8 Å². The molecule has 1 aliphatic heterocycles. The van der Waals surface area contributed by atoms with Crippen molar-refractivity contribution in [3.05, 3.63) is 0 Å². The summed E-state index contributed by atoms with van der Waals surface area (Å²) in [6, 6.07) is 0. The minimum Gasteiger partial charge on any atom is -0.393 e. The van der Waals surface area contributed by atoms with Gasteiger partial charge in [0.2, 0.25) is 5.91 Å². The molecule has 0 bridgehead atoms. The third-order valence-corrected chi connectivity index (χ3v) is 2.77. The van der Waals surface area contributed by atoms with Gasteiger partial charge in [0.25, 0.3) is 0 Å². The van der Waals surface area contributed by atoms with E-state index in [1.165, 1.54) is 0 Å². The second-order valence-electron chi connectivity index (χ2n) is 3.97. The fraction of sp³-hybridized carbons (Fsp3) is 0.800. The van der Waals surface area contributed by atoms with E-state index in [1.54, 1.807) is 11.9 Å². The topological polar surface area (TPSA) is 55.6 Å². The first-order chi connectivity index (χ1) is 7.09. The molecule has 1 saturated heterocycles. The highest BCUT2D eigenvalue weighted by Gasteiger charge is 2.18. The lowest BCUT2D eigenvalue weighted by Crippen LogP contribution is -2.35. The molecule has 1 heterocycles. The first kappa shape index (κ1) is 12.4. The number of hydrogen-bond acceptors (Lipinski definition) is 3. The lowest BCUT2D eigenvalue weighted by atomic mass is 10.00. The van der Waals surface area contributed by atoms with E-state index in [9.17, 15) is 4.79 Å². The van der Waals surface area contributed by atoms with Gasteiger partial charge in [-0.3, -0.25) is 4.79 Å². The van der Waals surface area contributed by atoms with Crippen LogP contribution in [0.4, 0.5) is 0 Å². The third-order valence-electron chi connectivity index (χ3n) is 2.62. The Balaban J connectivity index is 2.29. The Morgan fingerprint density at radius 2 is 2.13 bits per heavy atom. The molecular formula is C10H18N2O2S. The van der Waals surface area contributed by atoms with Crippen LogP contribution in [0, 0.1) is 5.92 Å². The smallest absolute Gasteiger partial charge is 0.229 e. The van der Waals surface area contributed by atoms with Gasteiger partial charge in [0.05, 0.1) is 11.4 Å². The van der Waals surface area contributed by atoms with Crippen LogP contribution < -0.4 is 5.73 Å². The average molecular weight is 230 g/mol. The summed E-state index contributed by atoms with van der Waals surface area (Å²) in [4.78, 5) is 13.5. The highest BCUT2D eigenvalue weighted by molar-refractivity contribution is 7.80. The van der Waals surface area contributed by atoms with Crippen LogP contribution in [0.3, 0.4) is 0 Å². The first-order valence-electron chi connectivity index (χ1n) is 5.19. The summed E-state index contributed by atoms with van der Waals surface area (Å²) in [6.45, 7) is 2.40. The minimum absolute atomic E-state index is 0.00833. The number of ether oxygens (including phenoxy) is 1. The molecule has 0 aromatic carbocycles. The molecule has 4 nitrogen and oxygen atoms in total. The largest absolute Gasteiger partial charge is 0.393 e. The number of amides is 1. The Labute approximate surface area is 95.8 Å². The lowest BCUT2D eigenvalue weighted by Gasteiger charge is -2.27. The highest BCUT2D eigenvalue weighted by atomic mass is 32.1. The van der Waals surface area contributed by atoms with Crippen molar-refractivity contribution in [3.8, 4) is 0 Å². The molecule has 1 fully saturated rings. The quantitative estimate of drug-likeness (QED) is 0.717. The molecule has 15 heavy (non-hydrogen) atoms. The molecule has 5 heteroatoms. The Morgan fingerprint density at radius 1 is 1.53 bits per heavy atom. The minimum atomic E-state index is 0.00833. The van der Waals surface area contributed by atoms with Crippen molar-refractivity contribution in [2.75, 3.05) is 26.8 Å². The molecule has 0 aromatic heterocycles. The maximum Gasteiger partial charge on any atom is 0.229 e. The van der Waals surface area contributed by atoms with Gasteiger partial charge in [0.1, 0.15) is 0 Å². The normalized spacial score (nSPS) is 17.4. The van der Waals surface area contributed by atoms with E-state index >= 15 is 0 Å². The maximum absolute atomic E-state index is 11.6. The van der Waals surface area contributed by atoms with Crippen LogP contribution in [-0.4, -0.2) is 42.6 Å². The molecule has 0 aliphatic carbocycles. The monoisotopic (exact) mass is 230 g/mol. The van der Waals surface area contributed by atoms with Crippen LogP contribution in [0.25, 0.3) is 0 Å². The van der Waals surface area contributed by atoms with Gasteiger partial charge in [-0.1, -0.05) is 12.2 Å². The number of nitrogens with two attached hydrogens (primary N) is 1. The van der Waals surface area contributed by atoms with Gasteiger partial charge in [-0.2, -0.15) is 0 Å². The van der Waals surface area contributed by atoms with Crippen molar-refractivity contribution in [2.45, 2.75) is 19.3 Å². The molecule has 0 aromatic rings. The second-order valence-corrected chi connectivity index (χ2v) is 4.50. The average Bonchev–Trinajstić information content (AvgIpc) is 2.18. The Hall–Kier alpha value is -0.680. The van der Waals surface area contributed by atoms with E-state index in [4.69, 9.17) is 22.7 Å². The predicted molar refractivity (Wildman–Crippen MR) is 62.6 cm³/mol. The van der Waals surface area contributed by atoms with Crippen molar-refractivity contribution in [2.24, 2.45) is 11.7 Å². The van der Waals surface area contributed by atoms with Gasteiger partial charge in [-0.15, -0.1) is 0 Å². The van der Waals surface area contributed by atoms with Crippen molar-refractivity contribution in [1.29, 1.82) is 0 Å². The molecule has 86 valence electrons. The molecule has 0 unspecified atom stereocenters. The zero-order valence-corrected chi connectivity index (χ0v) is 9.89. The van der Waals surface area contributed by atoms with E-state index in [1.807, 2.05) is 0 Å². The number of rotatable bonds is 4. The first-order valence-corrected chi connectivity index (χ1v) is 5.60. The Kier molecular flexibility index (Phi) is 4.98. The van der Waals surface area contributed by atoms with Crippen LogP contribution in [0.2, 0.25) is 0 Å². The zero-order valence-electron chi connectivity index (χ0n) is 9.07. The summed E-state index contributed by atoms with van der Waals surface area (Å²) >= 11 is 4.71. The number of nitrogens with zero attached hydrogens (tertiary/aromatic N) is 1. The van der Waals surface area contributed by atoms with Gasteiger partial charge in [-0.25, -0.2) is 0 Å². The summed E-state index contributed by atoms with van der Waals surface area (Å²) in [7, 11) is 1.80. The molecule has 0 radical (unpaired) electrons. The number of hydrogen-bond donors (Lipinski definition) is 1. The molecule has 1 amide bonds. The number of carbonyl (C=O) groups excluding carboxylic acids is 1. The molecule has 1 aliphatic rings. The van der Waals surface area contributed by atoms with Crippen LogP contribution >= 0.6 is 12.2 Å². The fourth-order valence-electron chi connectivity index (χ4n) is 1.70. The molecule has 2 N–H and O–H groups in total. The van der Waals surface area contributed by atoms with Crippen LogP contribution in [0.1, 0.15) is 19.3 Å². The van der Waals surface area contributed by atoms with E-state index < -0.39 is 0 Å². The SMILES string of the molecule is CN(CC1CCOCC1)C(=O)CC(N)=S. The Morgan fingerprint density at radius 3 is 2.67 bits per heavy atom. The summed E-state index contributed by atoms with van der Waals surface area (Å²) in [5.41, 5.74) is 5.33. The second kappa shape index (κ2) is 6.02. The maximum atomic E-state index is 11.6. The van der Waals surface area contributed by atoms with Gasteiger partial charge >= 0.3 is 0 Å². The standard InChI is InChI=1S/C10H18N2O2S/c1-12(10(13)6-9(11)15)7-8-2-4-14-5-3-8/h8H,2-7H2,1H3,(H2,11,15). The molecular weight excluding hydrogens is 212 g/mol. The zero-order chi connectivity index (χ0) is 11.3. The third kappa shape index (κ3) is 4.57. The van der Waals surface area contributed by atoms with E-state index in [2.05, 4.69) is 0 Å². The van der Waals surface area contributed by atoms with Crippen molar-refractivity contribution < 1.29 is 9.53 Å². The fourth-order valence-corrected chi connectivity index (χ4v) is 1.83. The predicted octanol–water partition coefficient (Wildman–Crippen LogP) is 0.548. The van der Waals surface area contributed by atoms with E-state index in [0.717, 1.165) is 32.6 Å². The summed E-state index contributed by atoms with van der Waals surface area (Å²) in [5, 5.41) is 0. The van der Waals surface area contributed by atoms with Crippen LogP contribution in [0.5, 0.6) is 0 Å². The van der Waals surface area contributed by atoms with E-state index in [-0.39, 0.29) is 17.3 Å². The van der Waals surface area contributed by atoms with Crippen LogP contribution in [-0.2, 0) is 9.53 Å². The van der Waals surface area contributed by atoms with Crippen molar-refractivity contribution in [3.63, 3.8) is 0 Å². The number of thiocarbonyl (C=S) groups is 1. The molecule has 0 spiro atoms. The summed E-state index contributed by atoms with van der Waals surface area (Å²) in [6.07, 6.45) is 2.24. The molecule has 0 saturated carbocycles. The summed E-state index contributed by atoms with van der Waals surface area (Å²) < 4.78 is 5.26. The molecule has 0 atom stereocenters. The van der Waals surface area contributed by atoms with Crippen LogP contribution in [0.15, 0.2) is 0 Å². The van der Waals surface area contributed by atoms with E-state index in [0.29, 0.717) is 5.92 Å². The van der Waals surface area contributed by atoms with Gasteiger partial charge < -0.3 is 15.4 Å². The van der Waals surface area contributed by atoms with Gasteiger partial charge in [0.15, 0.2) is 0 Å².